The van der Waals surface area contributed by atoms with Crippen molar-refractivity contribution in [3.63, 3.8) is 0 Å². The van der Waals surface area contributed by atoms with Crippen LogP contribution in [0.3, 0.4) is 0 Å². The Morgan fingerprint density at radius 2 is 2.00 bits per heavy atom. The molecule has 18 heavy (non-hydrogen) atoms. The Labute approximate surface area is 101 Å². The van der Waals surface area contributed by atoms with E-state index in [0.717, 1.165) is 5.56 Å². The number of rotatable bonds is 2. The van der Waals surface area contributed by atoms with Gasteiger partial charge in [0.25, 0.3) is 0 Å². The first kappa shape index (κ1) is 10.5. The third-order valence-corrected chi connectivity index (χ3v) is 2.73. The maximum absolute atomic E-state index is 11.8. The van der Waals surface area contributed by atoms with E-state index in [-0.39, 0.29) is 11.0 Å². The highest BCUT2D eigenvalue weighted by Crippen LogP contribution is 2.23. The minimum absolute atomic E-state index is 0.0215. The van der Waals surface area contributed by atoms with Gasteiger partial charge in [0.1, 0.15) is 17.6 Å². The standard InChI is InChI=1S/C14H8O4/c15-7-10-8-18-13-6-9(12-2-1-5-17-12)3-4-11(13)14(10)16/h1-8H. The summed E-state index contributed by atoms with van der Waals surface area (Å²) in [4.78, 5) is 22.5. The van der Waals surface area contributed by atoms with Crippen LogP contribution in [0.2, 0.25) is 0 Å². The van der Waals surface area contributed by atoms with Crippen LogP contribution in [0.5, 0.6) is 0 Å². The lowest BCUT2D eigenvalue weighted by atomic mass is 10.1. The summed E-state index contributed by atoms with van der Waals surface area (Å²) in [6, 6.07) is 8.70. The van der Waals surface area contributed by atoms with Crippen LogP contribution in [0.4, 0.5) is 0 Å². The predicted octanol–water partition coefficient (Wildman–Crippen LogP) is 2.87. The molecule has 0 aliphatic heterocycles. The Bertz CT molecular complexity index is 766. The molecule has 0 saturated carbocycles. The molecule has 4 heteroatoms. The van der Waals surface area contributed by atoms with Gasteiger partial charge in [-0.3, -0.25) is 9.59 Å². The van der Waals surface area contributed by atoms with Crippen LogP contribution < -0.4 is 5.43 Å². The number of benzene rings is 1. The second-order valence-electron chi connectivity index (χ2n) is 3.83. The van der Waals surface area contributed by atoms with Crippen molar-refractivity contribution in [1.82, 2.24) is 0 Å². The van der Waals surface area contributed by atoms with E-state index >= 15 is 0 Å². The Balaban J connectivity index is 2.26. The number of furan rings is 1. The van der Waals surface area contributed by atoms with Crippen LogP contribution in [0.1, 0.15) is 10.4 Å². The molecule has 88 valence electrons. The SMILES string of the molecule is O=Cc1coc2cc(-c3ccco3)ccc2c1=O. The van der Waals surface area contributed by atoms with Gasteiger partial charge >= 0.3 is 0 Å². The summed E-state index contributed by atoms with van der Waals surface area (Å²) in [5.41, 5.74) is 0.944. The average Bonchev–Trinajstić information content (AvgIpc) is 2.93. The topological polar surface area (TPSA) is 60.4 Å². The van der Waals surface area contributed by atoms with E-state index in [1.807, 2.05) is 6.07 Å². The van der Waals surface area contributed by atoms with E-state index in [1.54, 1.807) is 30.5 Å². The third-order valence-electron chi connectivity index (χ3n) is 2.73. The number of carbonyl (C=O) groups excluding carboxylic acids is 1. The number of carbonyl (C=O) groups is 1. The van der Waals surface area contributed by atoms with Gasteiger partial charge in [0.05, 0.1) is 17.2 Å². The van der Waals surface area contributed by atoms with Gasteiger partial charge in [-0.25, -0.2) is 0 Å². The van der Waals surface area contributed by atoms with Gasteiger partial charge in [0.2, 0.25) is 5.43 Å². The number of aldehydes is 1. The van der Waals surface area contributed by atoms with Crippen LogP contribution in [-0.4, -0.2) is 6.29 Å². The molecule has 0 saturated heterocycles. The first-order chi connectivity index (χ1) is 8.79. The van der Waals surface area contributed by atoms with Crippen molar-refractivity contribution in [2.75, 3.05) is 0 Å². The van der Waals surface area contributed by atoms with Crippen LogP contribution >= 0.6 is 0 Å². The van der Waals surface area contributed by atoms with E-state index in [2.05, 4.69) is 0 Å². The molecule has 3 aromatic rings. The van der Waals surface area contributed by atoms with Crippen molar-refractivity contribution in [3.05, 3.63) is 58.6 Å². The summed E-state index contributed by atoms with van der Waals surface area (Å²) < 4.78 is 10.5. The summed E-state index contributed by atoms with van der Waals surface area (Å²) >= 11 is 0. The predicted molar refractivity (Wildman–Crippen MR) is 65.6 cm³/mol. The first-order valence-electron chi connectivity index (χ1n) is 5.34. The van der Waals surface area contributed by atoms with Gasteiger partial charge in [-0.05, 0) is 24.3 Å². The quantitative estimate of drug-likeness (QED) is 0.646. The normalized spacial score (nSPS) is 10.7. The fourth-order valence-electron chi connectivity index (χ4n) is 1.82. The molecule has 1 aromatic carbocycles. The van der Waals surface area contributed by atoms with Crippen molar-refractivity contribution in [3.8, 4) is 11.3 Å². The molecule has 0 atom stereocenters. The fourth-order valence-corrected chi connectivity index (χ4v) is 1.82. The van der Waals surface area contributed by atoms with Crippen LogP contribution in [0.25, 0.3) is 22.3 Å². The molecule has 0 unspecified atom stereocenters. The highest BCUT2D eigenvalue weighted by molar-refractivity contribution is 5.86. The molecule has 0 aliphatic rings. The zero-order valence-electron chi connectivity index (χ0n) is 9.25. The Morgan fingerprint density at radius 3 is 2.72 bits per heavy atom. The molecule has 0 radical (unpaired) electrons. The van der Waals surface area contributed by atoms with Crippen molar-refractivity contribution < 1.29 is 13.6 Å². The lowest BCUT2D eigenvalue weighted by molar-refractivity contribution is 0.112. The van der Waals surface area contributed by atoms with Gasteiger partial charge in [-0.1, -0.05) is 6.07 Å². The summed E-state index contributed by atoms with van der Waals surface area (Å²) in [6.07, 6.45) is 3.24. The summed E-state index contributed by atoms with van der Waals surface area (Å²) in [5.74, 6) is 0.694. The van der Waals surface area contributed by atoms with Gasteiger partial charge in [-0.2, -0.15) is 0 Å². The molecule has 0 fully saturated rings. The van der Waals surface area contributed by atoms with Crippen molar-refractivity contribution in [2.45, 2.75) is 0 Å². The van der Waals surface area contributed by atoms with Crippen LogP contribution in [0.15, 0.2) is 56.5 Å². The summed E-state index contributed by atoms with van der Waals surface area (Å²) in [5, 5.41) is 0.384. The zero-order valence-corrected chi connectivity index (χ0v) is 9.25. The van der Waals surface area contributed by atoms with Gasteiger partial charge < -0.3 is 8.83 Å². The fraction of sp³-hybridized carbons (Fsp3) is 0. The minimum Gasteiger partial charge on any atom is -0.464 e. The molecule has 0 amide bonds. The molecule has 0 spiro atoms. The molecule has 0 aliphatic carbocycles. The van der Waals surface area contributed by atoms with Gasteiger partial charge in [0, 0.05) is 5.56 Å². The Kier molecular flexibility index (Phi) is 2.34. The lowest BCUT2D eigenvalue weighted by Gasteiger charge is -2.00. The molecular formula is C14H8O4. The van der Waals surface area contributed by atoms with Crippen molar-refractivity contribution in [1.29, 1.82) is 0 Å². The van der Waals surface area contributed by atoms with Gasteiger partial charge in [-0.15, -0.1) is 0 Å². The Hall–Kier alpha value is -2.62. The maximum Gasteiger partial charge on any atom is 0.203 e. The largest absolute Gasteiger partial charge is 0.464 e. The third kappa shape index (κ3) is 1.55. The van der Waals surface area contributed by atoms with Crippen LogP contribution in [0, 0.1) is 0 Å². The highest BCUT2D eigenvalue weighted by atomic mass is 16.3. The maximum atomic E-state index is 11.8. The molecular weight excluding hydrogens is 232 g/mol. The van der Waals surface area contributed by atoms with E-state index in [4.69, 9.17) is 8.83 Å². The smallest absolute Gasteiger partial charge is 0.203 e. The number of hydrogen-bond acceptors (Lipinski definition) is 4. The summed E-state index contributed by atoms with van der Waals surface area (Å²) in [7, 11) is 0. The Morgan fingerprint density at radius 1 is 1.11 bits per heavy atom. The van der Waals surface area contributed by atoms with E-state index in [1.165, 1.54) is 6.26 Å². The molecule has 3 rings (SSSR count). The summed E-state index contributed by atoms with van der Waals surface area (Å²) in [6.45, 7) is 0. The number of hydrogen-bond donors (Lipinski definition) is 0. The zero-order chi connectivity index (χ0) is 12.5. The molecule has 0 bridgehead atoms. The number of fused-ring (bicyclic) bond motifs is 1. The van der Waals surface area contributed by atoms with E-state index < -0.39 is 0 Å². The second-order valence-corrected chi connectivity index (χ2v) is 3.83. The second kappa shape index (κ2) is 4.00. The van der Waals surface area contributed by atoms with Crippen LogP contribution in [-0.2, 0) is 0 Å². The van der Waals surface area contributed by atoms with Crippen molar-refractivity contribution in [2.24, 2.45) is 0 Å². The first-order valence-corrected chi connectivity index (χ1v) is 5.34. The highest BCUT2D eigenvalue weighted by Gasteiger charge is 2.08. The van der Waals surface area contributed by atoms with E-state index in [9.17, 15) is 9.59 Å². The lowest BCUT2D eigenvalue weighted by Crippen LogP contribution is -2.07. The minimum atomic E-state index is -0.322. The molecule has 0 N–H and O–H groups in total. The molecule has 4 nitrogen and oxygen atoms in total. The van der Waals surface area contributed by atoms with Gasteiger partial charge in [0.15, 0.2) is 6.29 Å². The molecule has 2 heterocycles. The monoisotopic (exact) mass is 240 g/mol. The van der Waals surface area contributed by atoms with E-state index in [0.29, 0.717) is 23.0 Å². The average molecular weight is 240 g/mol. The van der Waals surface area contributed by atoms with Crippen molar-refractivity contribution >= 4 is 17.3 Å². The molecule has 2 aromatic heterocycles.